The number of methoxy groups -OCH3 is 1. The normalized spacial score (nSPS) is 16.1. The van der Waals surface area contributed by atoms with Gasteiger partial charge < -0.3 is 19.7 Å². The maximum Gasteiger partial charge on any atom is 0.258 e. The van der Waals surface area contributed by atoms with E-state index in [1.165, 1.54) is 14.2 Å². The van der Waals surface area contributed by atoms with Crippen LogP contribution in [0, 0.1) is 0 Å². The van der Waals surface area contributed by atoms with E-state index in [1.54, 1.807) is 45.6 Å². The number of hydrogen-bond acceptors (Lipinski definition) is 6. The van der Waals surface area contributed by atoms with Crippen molar-refractivity contribution >= 4 is 27.5 Å². The molecule has 2 aromatic carbocycles. The second kappa shape index (κ2) is 10.0. The van der Waals surface area contributed by atoms with E-state index >= 15 is 0 Å². The number of hydrogen-bond donors (Lipinski definition) is 1. The molecule has 34 heavy (non-hydrogen) atoms. The SMILES string of the molecule is CNC(=O)COc1ccc(C(=O)N2CCc3cc(S(=O)(=O)N4CCCCC4)ccc32)cc1OC. The molecule has 2 heterocycles. The van der Waals surface area contributed by atoms with Crippen molar-refractivity contribution in [3.63, 3.8) is 0 Å². The van der Waals surface area contributed by atoms with E-state index in [1.807, 2.05) is 0 Å². The van der Waals surface area contributed by atoms with Gasteiger partial charge in [0.15, 0.2) is 18.1 Å². The first-order valence-corrected chi connectivity index (χ1v) is 12.8. The highest BCUT2D eigenvalue weighted by Crippen LogP contribution is 2.34. The average molecular weight is 488 g/mol. The van der Waals surface area contributed by atoms with Crippen LogP contribution in [0.3, 0.4) is 0 Å². The Labute approximate surface area is 199 Å². The van der Waals surface area contributed by atoms with E-state index in [2.05, 4.69) is 5.32 Å². The van der Waals surface area contributed by atoms with Crippen LogP contribution in [0.1, 0.15) is 35.2 Å². The number of nitrogens with one attached hydrogen (secondary N) is 1. The van der Waals surface area contributed by atoms with E-state index in [4.69, 9.17) is 9.47 Å². The summed E-state index contributed by atoms with van der Waals surface area (Å²) in [6.07, 6.45) is 3.39. The second-order valence-electron chi connectivity index (χ2n) is 8.29. The lowest BCUT2D eigenvalue weighted by Gasteiger charge is -2.26. The number of ether oxygens (including phenoxy) is 2. The molecule has 1 fully saturated rings. The minimum Gasteiger partial charge on any atom is -0.493 e. The van der Waals surface area contributed by atoms with Gasteiger partial charge in [-0.05, 0) is 61.2 Å². The third-order valence-electron chi connectivity index (χ3n) is 6.19. The number of benzene rings is 2. The van der Waals surface area contributed by atoms with Gasteiger partial charge in [-0.25, -0.2) is 8.42 Å². The molecule has 182 valence electrons. The van der Waals surface area contributed by atoms with Crippen molar-refractivity contribution < 1.29 is 27.5 Å². The van der Waals surface area contributed by atoms with Crippen molar-refractivity contribution in [3.05, 3.63) is 47.5 Å². The predicted molar refractivity (Wildman–Crippen MR) is 127 cm³/mol. The fourth-order valence-corrected chi connectivity index (χ4v) is 5.86. The van der Waals surface area contributed by atoms with Crippen molar-refractivity contribution in [2.45, 2.75) is 30.6 Å². The van der Waals surface area contributed by atoms with Crippen LogP contribution < -0.4 is 19.7 Å². The third kappa shape index (κ3) is 4.74. The van der Waals surface area contributed by atoms with E-state index in [-0.39, 0.29) is 23.3 Å². The Morgan fingerprint density at radius 1 is 1.00 bits per heavy atom. The monoisotopic (exact) mass is 487 g/mol. The summed E-state index contributed by atoms with van der Waals surface area (Å²) in [5, 5.41) is 2.47. The molecular weight excluding hydrogens is 458 g/mol. The van der Waals surface area contributed by atoms with Crippen LogP contribution in [0.5, 0.6) is 11.5 Å². The van der Waals surface area contributed by atoms with Gasteiger partial charge in [-0.15, -0.1) is 0 Å². The molecule has 0 bridgehead atoms. The van der Waals surface area contributed by atoms with Gasteiger partial charge in [0, 0.05) is 37.9 Å². The summed E-state index contributed by atoms with van der Waals surface area (Å²) in [6, 6.07) is 9.80. The summed E-state index contributed by atoms with van der Waals surface area (Å²) in [6.45, 7) is 1.39. The van der Waals surface area contributed by atoms with E-state index < -0.39 is 10.0 Å². The smallest absolute Gasteiger partial charge is 0.258 e. The summed E-state index contributed by atoms with van der Waals surface area (Å²) in [5.41, 5.74) is 1.95. The van der Waals surface area contributed by atoms with Gasteiger partial charge >= 0.3 is 0 Å². The lowest BCUT2D eigenvalue weighted by atomic mass is 10.1. The molecule has 10 heteroatoms. The van der Waals surface area contributed by atoms with Gasteiger partial charge in [-0.3, -0.25) is 9.59 Å². The molecule has 0 radical (unpaired) electrons. The zero-order valence-electron chi connectivity index (χ0n) is 19.4. The molecular formula is C24H29N3O6S. The van der Waals surface area contributed by atoms with Gasteiger partial charge in [0.25, 0.3) is 11.8 Å². The van der Waals surface area contributed by atoms with Crippen molar-refractivity contribution in [2.75, 3.05) is 45.3 Å². The first-order valence-electron chi connectivity index (χ1n) is 11.3. The Balaban J connectivity index is 1.54. The maximum absolute atomic E-state index is 13.3. The van der Waals surface area contributed by atoms with Crippen LogP contribution in [-0.2, 0) is 21.2 Å². The van der Waals surface area contributed by atoms with E-state index in [9.17, 15) is 18.0 Å². The van der Waals surface area contributed by atoms with Crippen molar-refractivity contribution in [2.24, 2.45) is 0 Å². The van der Waals surface area contributed by atoms with Gasteiger partial charge in [0.2, 0.25) is 10.0 Å². The Morgan fingerprint density at radius 3 is 2.47 bits per heavy atom. The first-order chi connectivity index (χ1) is 16.3. The summed E-state index contributed by atoms with van der Waals surface area (Å²) >= 11 is 0. The maximum atomic E-state index is 13.3. The zero-order valence-corrected chi connectivity index (χ0v) is 20.2. The number of sulfonamides is 1. The van der Waals surface area contributed by atoms with Crippen molar-refractivity contribution in [1.82, 2.24) is 9.62 Å². The lowest BCUT2D eigenvalue weighted by Crippen LogP contribution is -2.35. The molecule has 2 aliphatic heterocycles. The first kappa shape index (κ1) is 24.0. The number of likely N-dealkylation sites (N-methyl/N-ethyl adjacent to an activating group) is 1. The number of nitrogens with zero attached hydrogens (tertiary/aromatic N) is 2. The minimum absolute atomic E-state index is 0.164. The molecule has 0 atom stereocenters. The van der Waals surface area contributed by atoms with Crippen molar-refractivity contribution in [3.8, 4) is 11.5 Å². The number of anilines is 1. The molecule has 1 N–H and O–H groups in total. The minimum atomic E-state index is -3.53. The molecule has 0 aromatic heterocycles. The Bertz CT molecular complexity index is 1190. The highest BCUT2D eigenvalue weighted by atomic mass is 32.2. The molecule has 0 aliphatic carbocycles. The molecule has 1 saturated heterocycles. The Kier molecular flexibility index (Phi) is 7.08. The number of amides is 2. The topological polar surface area (TPSA) is 105 Å². The number of piperidine rings is 1. The molecule has 9 nitrogen and oxygen atoms in total. The van der Waals surface area contributed by atoms with Gasteiger partial charge in [-0.1, -0.05) is 6.42 Å². The highest BCUT2D eigenvalue weighted by Gasteiger charge is 2.30. The average Bonchev–Trinajstić information content (AvgIpc) is 3.30. The van der Waals surface area contributed by atoms with Gasteiger partial charge in [0.1, 0.15) is 0 Å². The number of fused-ring (bicyclic) bond motifs is 1. The van der Waals surface area contributed by atoms with Crippen LogP contribution in [0.15, 0.2) is 41.3 Å². The number of carbonyl (C=O) groups excluding carboxylic acids is 2. The van der Waals surface area contributed by atoms with E-state index in [0.29, 0.717) is 48.8 Å². The summed E-state index contributed by atoms with van der Waals surface area (Å²) in [4.78, 5) is 26.6. The number of rotatable bonds is 7. The Hall–Kier alpha value is -3.11. The molecule has 2 aromatic rings. The summed E-state index contributed by atoms with van der Waals surface area (Å²) < 4.78 is 38.4. The van der Waals surface area contributed by atoms with Gasteiger partial charge in [-0.2, -0.15) is 4.31 Å². The van der Waals surface area contributed by atoms with Crippen molar-refractivity contribution in [1.29, 1.82) is 0 Å². The fourth-order valence-electron chi connectivity index (χ4n) is 4.30. The molecule has 0 spiro atoms. The predicted octanol–water partition coefficient (Wildman–Crippen LogP) is 2.20. The molecule has 4 rings (SSSR count). The van der Waals surface area contributed by atoms with Crippen LogP contribution in [0.25, 0.3) is 0 Å². The largest absolute Gasteiger partial charge is 0.493 e. The van der Waals surface area contributed by atoms with Crippen LogP contribution in [0.2, 0.25) is 0 Å². The Morgan fingerprint density at radius 2 is 1.76 bits per heavy atom. The molecule has 0 unspecified atom stereocenters. The molecule has 0 saturated carbocycles. The van der Waals surface area contributed by atoms with Crippen LogP contribution >= 0.6 is 0 Å². The summed E-state index contributed by atoms with van der Waals surface area (Å²) in [5.74, 6) is 0.202. The van der Waals surface area contributed by atoms with E-state index in [0.717, 1.165) is 24.8 Å². The second-order valence-corrected chi connectivity index (χ2v) is 10.2. The van der Waals surface area contributed by atoms with Crippen LogP contribution in [0.4, 0.5) is 5.69 Å². The summed E-state index contributed by atoms with van der Waals surface area (Å²) in [7, 11) is -0.547. The third-order valence-corrected chi connectivity index (χ3v) is 8.09. The van der Waals surface area contributed by atoms with Gasteiger partial charge in [0.05, 0.1) is 12.0 Å². The molecule has 2 aliphatic rings. The quantitative estimate of drug-likeness (QED) is 0.642. The van der Waals surface area contributed by atoms with Crippen LogP contribution in [-0.4, -0.2) is 64.9 Å². The zero-order chi connectivity index (χ0) is 24.3. The molecule has 2 amide bonds. The number of carbonyl (C=O) groups is 2. The lowest BCUT2D eigenvalue weighted by molar-refractivity contribution is -0.122. The standard InChI is InChI=1S/C24H29N3O6S/c1-25-23(28)16-33-21-9-6-18(15-22(21)32-2)24(29)27-13-10-17-14-19(7-8-20(17)27)34(30,31)26-11-4-3-5-12-26/h6-9,14-15H,3-5,10-13,16H2,1-2H3,(H,25,28). The fraction of sp³-hybridized carbons (Fsp3) is 0.417. The highest BCUT2D eigenvalue weighted by molar-refractivity contribution is 7.89.